The van der Waals surface area contributed by atoms with Crippen LogP contribution in [0.3, 0.4) is 0 Å². The lowest BCUT2D eigenvalue weighted by Gasteiger charge is -2.18. The van der Waals surface area contributed by atoms with E-state index in [2.05, 4.69) is 4.98 Å². The molecule has 0 saturated heterocycles. The molecule has 5 nitrogen and oxygen atoms in total. The van der Waals surface area contributed by atoms with Gasteiger partial charge in [-0.15, -0.1) is 11.3 Å². The summed E-state index contributed by atoms with van der Waals surface area (Å²) in [5.74, 6) is -0.0908. The number of carbonyl (C=O) groups is 1. The van der Waals surface area contributed by atoms with E-state index in [1.54, 1.807) is 10.3 Å². The van der Waals surface area contributed by atoms with Gasteiger partial charge in [-0.05, 0) is 13.3 Å². The van der Waals surface area contributed by atoms with Crippen molar-refractivity contribution in [2.75, 3.05) is 19.7 Å². The Morgan fingerprint density at radius 3 is 2.94 bits per heavy atom. The molecule has 0 unspecified atom stereocenters. The molecular formula is C10H17N3O2S. The van der Waals surface area contributed by atoms with Crippen molar-refractivity contribution in [3.8, 4) is 0 Å². The first kappa shape index (κ1) is 13.1. The zero-order valence-corrected chi connectivity index (χ0v) is 10.2. The van der Waals surface area contributed by atoms with Gasteiger partial charge in [0, 0.05) is 31.6 Å². The summed E-state index contributed by atoms with van der Waals surface area (Å²) >= 11 is 1.40. The second-order valence-corrected chi connectivity index (χ2v) is 4.24. The van der Waals surface area contributed by atoms with Gasteiger partial charge in [-0.1, -0.05) is 0 Å². The molecule has 0 aromatic carbocycles. The molecule has 6 heteroatoms. The average Bonchev–Trinajstić information content (AvgIpc) is 2.78. The Balaban J connectivity index is 2.66. The summed E-state index contributed by atoms with van der Waals surface area (Å²) in [5, 5.41) is 11.2. The second kappa shape index (κ2) is 6.57. The number of aliphatic hydroxyl groups is 1. The Hall–Kier alpha value is -0.980. The third kappa shape index (κ3) is 3.26. The summed E-state index contributed by atoms with van der Waals surface area (Å²) in [4.78, 5) is 17.8. The first-order chi connectivity index (χ1) is 7.72. The maximum Gasteiger partial charge on any atom is 0.273 e. The quantitative estimate of drug-likeness (QED) is 0.760. The smallest absolute Gasteiger partial charge is 0.273 e. The van der Waals surface area contributed by atoms with Crippen LogP contribution in [0.2, 0.25) is 0 Å². The molecule has 0 fully saturated rings. The molecule has 0 atom stereocenters. The Morgan fingerprint density at radius 1 is 1.69 bits per heavy atom. The summed E-state index contributed by atoms with van der Waals surface area (Å²) in [5.41, 5.74) is 5.89. The molecule has 90 valence electrons. The molecule has 3 N–H and O–H groups in total. The van der Waals surface area contributed by atoms with Crippen LogP contribution in [0.4, 0.5) is 0 Å². The highest BCUT2D eigenvalue weighted by molar-refractivity contribution is 7.09. The SMILES string of the molecule is CCN(CCCO)C(=O)c1csc(CN)n1. The first-order valence-corrected chi connectivity index (χ1v) is 6.15. The monoisotopic (exact) mass is 243 g/mol. The van der Waals surface area contributed by atoms with E-state index >= 15 is 0 Å². The van der Waals surface area contributed by atoms with Crippen LogP contribution in [-0.4, -0.2) is 40.6 Å². The molecule has 0 spiro atoms. The number of hydrogen-bond donors (Lipinski definition) is 2. The Bertz CT molecular complexity index is 341. The van der Waals surface area contributed by atoms with E-state index in [0.717, 1.165) is 5.01 Å². The molecule has 1 amide bonds. The van der Waals surface area contributed by atoms with Crippen LogP contribution in [0.15, 0.2) is 5.38 Å². The first-order valence-electron chi connectivity index (χ1n) is 5.27. The number of nitrogens with two attached hydrogens (primary N) is 1. The predicted octanol–water partition coefficient (Wildman–Crippen LogP) is 0.446. The minimum Gasteiger partial charge on any atom is -0.396 e. The Kier molecular flexibility index (Phi) is 5.37. The highest BCUT2D eigenvalue weighted by Crippen LogP contribution is 2.11. The summed E-state index contributed by atoms with van der Waals surface area (Å²) in [6.07, 6.45) is 0.591. The van der Waals surface area contributed by atoms with Crippen molar-refractivity contribution >= 4 is 17.2 Å². The van der Waals surface area contributed by atoms with E-state index in [1.807, 2.05) is 6.92 Å². The summed E-state index contributed by atoms with van der Waals surface area (Å²) in [6, 6.07) is 0. The number of aromatic nitrogens is 1. The number of carbonyl (C=O) groups excluding carboxylic acids is 1. The third-order valence-corrected chi connectivity index (χ3v) is 3.07. The number of aliphatic hydroxyl groups excluding tert-OH is 1. The van der Waals surface area contributed by atoms with E-state index < -0.39 is 0 Å². The van der Waals surface area contributed by atoms with Gasteiger partial charge in [0.1, 0.15) is 10.7 Å². The fraction of sp³-hybridized carbons (Fsp3) is 0.600. The molecule has 0 aliphatic carbocycles. The van der Waals surface area contributed by atoms with Crippen molar-refractivity contribution in [3.63, 3.8) is 0 Å². The molecule has 0 bridgehead atoms. The van der Waals surface area contributed by atoms with Gasteiger partial charge in [-0.25, -0.2) is 4.98 Å². The number of thiazole rings is 1. The van der Waals surface area contributed by atoms with Crippen molar-refractivity contribution < 1.29 is 9.90 Å². The molecule has 1 aromatic rings. The van der Waals surface area contributed by atoms with Gasteiger partial charge in [0.05, 0.1) is 0 Å². The maximum absolute atomic E-state index is 12.0. The topological polar surface area (TPSA) is 79.5 Å². The van der Waals surface area contributed by atoms with Crippen molar-refractivity contribution in [2.45, 2.75) is 19.9 Å². The normalized spacial score (nSPS) is 10.4. The molecule has 0 aliphatic heterocycles. The molecule has 0 aliphatic rings. The average molecular weight is 243 g/mol. The van der Waals surface area contributed by atoms with Crippen LogP contribution in [0.1, 0.15) is 28.8 Å². The van der Waals surface area contributed by atoms with Crippen LogP contribution in [0, 0.1) is 0 Å². The largest absolute Gasteiger partial charge is 0.396 e. The number of nitrogens with zero attached hydrogens (tertiary/aromatic N) is 2. The fourth-order valence-corrected chi connectivity index (χ4v) is 1.98. The third-order valence-electron chi connectivity index (χ3n) is 2.20. The molecule has 0 radical (unpaired) electrons. The zero-order valence-electron chi connectivity index (χ0n) is 9.35. The van der Waals surface area contributed by atoms with E-state index in [0.29, 0.717) is 31.7 Å². The van der Waals surface area contributed by atoms with Crippen molar-refractivity contribution in [3.05, 3.63) is 16.1 Å². The summed E-state index contributed by atoms with van der Waals surface area (Å²) < 4.78 is 0. The van der Waals surface area contributed by atoms with Gasteiger partial charge in [0.15, 0.2) is 0 Å². The molecule has 0 saturated carbocycles. The minimum absolute atomic E-state index is 0.0908. The molecule has 1 heterocycles. The standard InChI is InChI=1S/C10H17N3O2S/c1-2-13(4-3-5-14)10(15)8-7-16-9(6-11)12-8/h7,14H,2-6,11H2,1H3. The maximum atomic E-state index is 12.0. The van der Waals surface area contributed by atoms with E-state index in [1.165, 1.54) is 11.3 Å². The van der Waals surface area contributed by atoms with Crippen molar-refractivity contribution in [2.24, 2.45) is 5.73 Å². The Morgan fingerprint density at radius 2 is 2.44 bits per heavy atom. The lowest BCUT2D eigenvalue weighted by Crippen LogP contribution is -2.32. The van der Waals surface area contributed by atoms with Crippen molar-refractivity contribution in [1.82, 2.24) is 9.88 Å². The second-order valence-electron chi connectivity index (χ2n) is 3.29. The van der Waals surface area contributed by atoms with Crippen LogP contribution < -0.4 is 5.73 Å². The molecule has 16 heavy (non-hydrogen) atoms. The van der Waals surface area contributed by atoms with Crippen LogP contribution in [0.25, 0.3) is 0 Å². The highest BCUT2D eigenvalue weighted by Gasteiger charge is 2.16. The van der Waals surface area contributed by atoms with Gasteiger partial charge in [0.25, 0.3) is 5.91 Å². The number of hydrogen-bond acceptors (Lipinski definition) is 5. The van der Waals surface area contributed by atoms with Gasteiger partial charge in [-0.3, -0.25) is 4.79 Å². The highest BCUT2D eigenvalue weighted by atomic mass is 32.1. The molecule has 1 aromatic heterocycles. The van der Waals surface area contributed by atoms with Gasteiger partial charge >= 0.3 is 0 Å². The minimum atomic E-state index is -0.0908. The summed E-state index contributed by atoms with van der Waals surface area (Å²) in [7, 11) is 0. The van der Waals surface area contributed by atoms with Gasteiger partial charge in [-0.2, -0.15) is 0 Å². The van der Waals surface area contributed by atoms with Crippen LogP contribution >= 0.6 is 11.3 Å². The Labute approximate surface area is 98.9 Å². The lowest BCUT2D eigenvalue weighted by atomic mass is 10.3. The lowest BCUT2D eigenvalue weighted by molar-refractivity contribution is 0.0749. The molecular weight excluding hydrogens is 226 g/mol. The van der Waals surface area contributed by atoms with Gasteiger partial charge < -0.3 is 15.7 Å². The van der Waals surface area contributed by atoms with E-state index in [9.17, 15) is 4.79 Å². The van der Waals surface area contributed by atoms with Crippen LogP contribution in [0.5, 0.6) is 0 Å². The van der Waals surface area contributed by atoms with Gasteiger partial charge in [0.2, 0.25) is 0 Å². The van der Waals surface area contributed by atoms with Crippen LogP contribution in [-0.2, 0) is 6.54 Å². The number of amides is 1. The fourth-order valence-electron chi connectivity index (χ4n) is 1.33. The number of rotatable bonds is 6. The predicted molar refractivity (Wildman–Crippen MR) is 63.3 cm³/mol. The van der Waals surface area contributed by atoms with E-state index in [-0.39, 0.29) is 12.5 Å². The van der Waals surface area contributed by atoms with E-state index in [4.69, 9.17) is 10.8 Å². The summed E-state index contributed by atoms with van der Waals surface area (Å²) in [6.45, 7) is 3.54. The molecule has 1 rings (SSSR count). The van der Waals surface area contributed by atoms with Crippen molar-refractivity contribution in [1.29, 1.82) is 0 Å². The zero-order chi connectivity index (χ0) is 12.0.